The van der Waals surface area contributed by atoms with Crippen LogP contribution in [0.4, 0.5) is 5.82 Å². The number of anilines is 1. The lowest BCUT2D eigenvalue weighted by atomic mass is 10.1. The van der Waals surface area contributed by atoms with Crippen LogP contribution >= 0.6 is 0 Å². The summed E-state index contributed by atoms with van der Waals surface area (Å²) in [5, 5.41) is 1.15. The molecule has 0 aliphatic carbocycles. The van der Waals surface area contributed by atoms with Gasteiger partial charge in [-0.05, 0) is 23.1 Å². The number of fused-ring (bicyclic) bond motifs is 3. The van der Waals surface area contributed by atoms with Gasteiger partial charge in [0.25, 0.3) is 0 Å². The number of imidazole rings is 1. The van der Waals surface area contributed by atoms with Gasteiger partial charge in [0, 0.05) is 31.4 Å². The van der Waals surface area contributed by atoms with E-state index >= 15 is 0 Å². The summed E-state index contributed by atoms with van der Waals surface area (Å²) in [7, 11) is 0. The molecule has 0 spiro atoms. The van der Waals surface area contributed by atoms with Gasteiger partial charge in [-0.1, -0.05) is 98.8 Å². The third-order valence-corrected chi connectivity index (χ3v) is 6.25. The van der Waals surface area contributed by atoms with E-state index in [2.05, 4.69) is 115 Å². The van der Waals surface area contributed by atoms with E-state index in [1.54, 1.807) is 0 Å². The number of hydrogen-bond acceptors (Lipinski definition) is 3. The number of benzene rings is 3. The number of nitrogens with zero attached hydrogens (tertiary/aromatic N) is 4. The van der Waals surface area contributed by atoms with Crippen molar-refractivity contribution in [1.82, 2.24) is 14.5 Å². The Morgan fingerprint density at radius 2 is 1.43 bits per heavy atom. The molecule has 0 radical (unpaired) electrons. The number of aromatic nitrogens is 3. The number of hydrogen-bond donors (Lipinski definition) is 0. The monoisotopic (exact) mass is 460 g/mol. The Labute approximate surface area is 207 Å². The van der Waals surface area contributed by atoms with Crippen LogP contribution in [0.5, 0.6) is 0 Å². The Balaban J connectivity index is 1.75. The predicted molar refractivity (Wildman–Crippen MR) is 147 cm³/mol. The summed E-state index contributed by atoms with van der Waals surface area (Å²) in [6.45, 7) is 10.9. The first-order valence-corrected chi connectivity index (χ1v) is 12.4. The van der Waals surface area contributed by atoms with Gasteiger partial charge in [-0.15, -0.1) is 6.58 Å². The molecule has 0 amide bonds. The van der Waals surface area contributed by atoms with E-state index < -0.39 is 0 Å². The van der Waals surface area contributed by atoms with E-state index in [4.69, 9.17) is 9.97 Å². The van der Waals surface area contributed by atoms with Gasteiger partial charge < -0.3 is 9.47 Å². The molecule has 5 aromatic rings. The van der Waals surface area contributed by atoms with Crippen LogP contribution in [0.25, 0.3) is 21.9 Å². The van der Waals surface area contributed by atoms with Crippen LogP contribution < -0.4 is 4.90 Å². The predicted octanol–water partition coefficient (Wildman–Crippen LogP) is 7.18. The van der Waals surface area contributed by atoms with Gasteiger partial charge in [0.15, 0.2) is 5.82 Å². The number of allylic oxidation sites excluding steroid dienone is 1. The molecule has 0 saturated heterocycles. The second-order valence-corrected chi connectivity index (χ2v) is 9.50. The van der Waals surface area contributed by atoms with E-state index in [0.717, 1.165) is 54.1 Å². The van der Waals surface area contributed by atoms with Crippen LogP contribution in [0.15, 0.2) is 97.6 Å². The second-order valence-electron chi connectivity index (χ2n) is 9.50. The molecular formula is C31H32N4. The smallest absolute Gasteiger partial charge is 0.158 e. The highest BCUT2D eigenvalue weighted by Gasteiger charge is 2.22. The lowest BCUT2D eigenvalue weighted by Crippen LogP contribution is -2.23. The molecule has 3 aromatic carbocycles. The van der Waals surface area contributed by atoms with E-state index in [1.807, 2.05) is 6.08 Å². The van der Waals surface area contributed by atoms with Crippen molar-refractivity contribution in [2.75, 3.05) is 4.90 Å². The third-order valence-electron chi connectivity index (χ3n) is 6.25. The molecule has 5 rings (SSSR count). The molecule has 0 atom stereocenters. The van der Waals surface area contributed by atoms with Crippen molar-refractivity contribution in [3.8, 4) is 0 Å². The topological polar surface area (TPSA) is 34.0 Å². The summed E-state index contributed by atoms with van der Waals surface area (Å²) >= 11 is 0. The quantitative estimate of drug-likeness (QED) is 0.219. The summed E-state index contributed by atoms with van der Waals surface area (Å²) in [5.41, 5.74) is 5.63. The SMILES string of the molecule is C=CCc1nc2c(N(Cc3ccccc3)Cc3ccccc3)nc3ccccc3c2n1CC(C)C. The highest BCUT2D eigenvalue weighted by Crippen LogP contribution is 2.34. The van der Waals surface area contributed by atoms with Crippen molar-refractivity contribution in [2.24, 2.45) is 5.92 Å². The Bertz CT molecular complexity index is 1390. The van der Waals surface area contributed by atoms with Crippen LogP contribution in [0.1, 0.15) is 30.8 Å². The van der Waals surface area contributed by atoms with Crippen molar-refractivity contribution in [1.29, 1.82) is 0 Å². The fourth-order valence-electron chi connectivity index (χ4n) is 4.75. The normalized spacial score (nSPS) is 11.4. The minimum absolute atomic E-state index is 0.496. The molecule has 176 valence electrons. The molecule has 0 unspecified atom stereocenters. The van der Waals surface area contributed by atoms with Gasteiger partial charge in [0.2, 0.25) is 0 Å². The summed E-state index contributed by atoms with van der Waals surface area (Å²) in [6.07, 6.45) is 2.67. The molecule has 2 heterocycles. The molecule has 0 fully saturated rings. The van der Waals surface area contributed by atoms with E-state index in [0.29, 0.717) is 5.92 Å². The van der Waals surface area contributed by atoms with Crippen LogP contribution in [-0.2, 0) is 26.1 Å². The molecule has 4 nitrogen and oxygen atoms in total. The van der Waals surface area contributed by atoms with Crippen LogP contribution in [0.2, 0.25) is 0 Å². The summed E-state index contributed by atoms with van der Waals surface area (Å²) in [4.78, 5) is 12.8. The maximum atomic E-state index is 5.21. The number of rotatable bonds is 9. The van der Waals surface area contributed by atoms with Crippen molar-refractivity contribution in [3.05, 3.63) is 115 Å². The first kappa shape index (κ1) is 22.9. The minimum atomic E-state index is 0.496. The molecular weight excluding hydrogens is 428 g/mol. The van der Waals surface area contributed by atoms with Gasteiger partial charge in [-0.25, -0.2) is 9.97 Å². The lowest BCUT2D eigenvalue weighted by Gasteiger charge is -2.25. The number of pyridine rings is 1. The molecule has 0 aliphatic heterocycles. The maximum absolute atomic E-state index is 5.21. The molecule has 4 heteroatoms. The van der Waals surface area contributed by atoms with Gasteiger partial charge in [-0.2, -0.15) is 0 Å². The highest BCUT2D eigenvalue weighted by molar-refractivity contribution is 6.07. The highest BCUT2D eigenvalue weighted by atomic mass is 15.2. The zero-order valence-electron chi connectivity index (χ0n) is 20.6. The Morgan fingerprint density at radius 3 is 2.03 bits per heavy atom. The molecule has 2 aromatic heterocycles. The largest absolute Gasteiger partial charge is 0.346 e. The molecule has 35 heavy (non-hydrogen) atoms. The fraction of sp³-hybridized carbons (Fsp3) is 0.226. The zero-order valence-corrected chi connectivity index (χ0v) is 20.6. The van der Waals surface area contributed by atoms with Gasteiger partial charge >= 0.3 is 0 Å². The van der Waals surface area contributed by atoms with Gasteiger partial charge in [0.1, 0.15) is 11.3 Å². The van der Waals surface area contributed by atoms with Gasteiger partial charge in [0.05, 0.1) is 11.0 Å². The maximum Gasteiger partial charge on any atom is 0.158 e. The summed E-state index contributed by atoms with van der Waals surface area (Å²) in [5.74, 6) is 2.47. The van der Waals surface area contributed by atoms with Crippen LogP contribution in [-0.4, -0.2) is 14.5 Å². The Hall–Kier alpha value is -3.92. The molecule has 0 N–H and O–H groups in total. The molecule has 0 aliphatic rings. The third kappa shape index (κ3) is 4.83. The van der Waals surface area contributed by atoms with E-state index in [-0.39, 0.29) is 0 Å². The van der Waals surface area contributed by atoms with E-state index in [9.17, 15) is 0 Å². The molecule has 0 bridgehead atoms. The summed E-state index contributed by atoms with van der Waals surface area (Å²) < 4.78 is 2.39. The average molecular weight is 461 g/mol. The van der Waals surface area contributed by atoms with Crippen LogP contribution in [0, 0.1) is 5.92 Å². The lowest BCUT2D eigenvalue weighted by molar-refractivity contribution is 0.521. The van der Waals surface area contributed by atoms with Gasteiger partial charge in [-0.3, -0.25) is 0 Å². The Morgan fingerprint density at radius 1 is 0.829 bits per heavy atom. The van der Waals surface area contributed by atoms with Crippen molar-refractivity contribution in [2.45, 2.75) is 39.9 Å². The number of para-hydroxylation sites is 1. The van der Waals surface area contributed by atoms with E-state index in [1.165, 1.54) is 16.6 Å². The van der Waals surface area contributed by atoms with Crippen molar-refractivity contribution >= 4 is 27.8 Å². The van der Waals surface area contributed by atoms with Crippen molar-refractivity contribution in [3.63, 3.8) is 0 Å². The first-order valence-electron chi connectivity index (χ1n) is 12.4. The fourth-order valence-corrected chi connectivity index (χ4v) is 4.75. The van der Waals surface area contributed by atoms with Crippen molar-refractivity contribution < 1.29 is 0 Å². The molecule has 0 saturated carbocycles. The standard InChI is InChI=1S/C31H32N4/c1-4-13-28-33-29-30(35(28)20-23(2)3)26-18-11-12-19-27(26)32-31(29)34(21-24-14-7-5-8-15-24)22-25-16-9-6-10-17-25/h4-12,14-19,23H,1,13,20-22H2,2-3H3. The first-order chi connectivity index (χ1) is 17.1. The second kappa shape index (κ2) is 10.1. The minimum Gasteiger partial charge on any atom is -0.346 e. The summed E-state index contributed by atoms with van der Waals surface area (Å²) in [6, 6.07) is 29.7. The zero-order chi connectivity index (χ0) is 24.2. The van der Waals surface area contributed by atoms with Crippen LogP contribution in [0.3, 0.4) is 0 Å². The average Bonchev–Trinajstić information content (AvgIpc) is 3.22. The Kier molecular flexibility index (Phi) is 6.62.